The van der Waals surface area contributed by atoms with Crippen molar-refractivity contribution < 1.29 is 14.2 Å². The third-order valence-electron chi connectivity index (χ3n) is 3.00. The van der Waals surface area contributed by atoms with Gasteiger partial charge in [-0.15, -0.1) is 0 Å². The van der Waals surface area contributed by atoms with Crippen LogP contribution in [-0.4, -0.2) is 31.0 Å². The largest absolute Gasteiger partial charge is 0.389 e. The minimum absolute atomic E-state index is 0.233. The molecule has 1 rings (SSSR count). The van der Waals surface area contributed by atoms with Crippen LogP contribution >= 0.6 is 0 Å². The molecule has 1 aromatic rings. The van der Waals surface area contributed by atoms with Crippen molar-refractivity contribution in [3.05, 3.63) is 35.6 Å². The predicted octanol–water partition coefficient (Wildman–Crippen LogP) is 2.73. The molecule has 0 fully saturated rings. The predicted molar refractivity (Wildman–Crippen MR) is 79.0 cm³/mol. The van der Waals surface area contributed by atoms with Gasteiger partial charge in [0.25, 0.3) is 0 Å². The van der Waals surface area contributed by atoms with Gasteiger partial charge in [-0.3, -0.25) is 0 Å². The number of hydrogen-bond donors (Lipinski definition) is 2. The number of halogens is 1. The van der Waals surface area contributed by atoms with E-state index >= 15 is 0 Å². The summed E-state index contributed by atoms with van der Waals surface area (Å²) in [5.41, 5.74) is 0.997. The maximum Gasteiger partial charge on any atom is 0.123 e. The van der Waals surface area contributed by atoms with E-state index in [2.05, 4.69) is 19.2 Å². The Kier molecular flexibility index (Phi) is 8.42. The quantitative estimate of drug-likeness (QED) is 0.649. The molecule has 0 radical (unpaired) electrons. The second kappa shape index (κ2) is 9.86. The lowest BCUT2D eigenvalue weighted by atomic mass is 10.1. The summed E-state index contributed by atoms with van der Waals surface area (Å²) < 4.78 is 18.1. The monoisotopic (exact) mass is 283 g/mol. The smallest absolute Gasteiger partial charge is 0.123 e. The SMILES string of the molecule is CC(C)CCCOCC(O)CNCc1ccc(F)cc1. The van der Waals surface area contributed by atoms with Crippen molar-refractivity contribution in [3.63, 3.8) is 0 Å². The Morgan fingerprint density at radius 3 is 2.60 bits per heavy atom. The van der Waals surface area contributed by atoms with Crippen LogP contribution in [0.5, 0.6) is 0 Å². The van der Waals surface area contributed by atoms with Crippen LogP contribution in [0, 0.1) is 11.7 Å². The molecule has 4 heteroatoms. The molecule has 0 amide bonds. The van der Waals surface area contributed by atoms with Crippen LogP contribution < -0.4 is 5.32 Å². The van der Waals surface area contributed by atoms with Crippen LogP contribution in [0.4, 0.5) is 4.39 Å². The first-order valence-corrected chi connectivity index (χ1v) is 7.29. The molecule has 2 N–H and O–H groups in total. The van der Waals surface area contributed by atoms with Gasteiger partial charge in [0.05, 0.1) is 12.7 Å². The van der Waals surface area contributed by atoms with Gasteiger partial charge < -0.3 is 15.2 Å². The minimum Gasteiger partial charge on any atom is -0.389 e. The summed E-state index contributed by atoms with van der Waals surface area (Å²) in [6, 6.07) is 6.34. The number of rotatable bonds is 10. The van der Waals surface area contributed by atoms with Crippen LogP contribution in [-0.2, 0) is 11.3 Å². The van der Waals surface area contributed by atoms with Crippen LogP contribution in [0.2, 0.25) is 0 Å². The van der Waals surface area contributed by atoms with Gasteiger partial charge in [0.1, 0.15) is 5.82 Å². The zero-order valence-corrected chi connectivity index (χ0v) is 12.4. The molecule has 0 saturated heterocycles. The molecular weight excluding hydrogens is 257 g/mol. The van der Waals surface area contributed by atoms with Crippen LogP contribution in [0.3, 0.4) is 0 Å². The lowest BCUT2D eigenvalue weighted by molar-refractivity contribution is 0.0346. The second-order valence-corrected chi connectivity index (χ2v) is 5.52. The highest BCUT2D eigenvalue weighted by Crippen LogP contribution is 2.04. The standard InChI is InChI=1S/C16H26FNO2/c1-13(2)4-3-9-20-12-16(19)11-18-10-14-5-7-15(17)8-6-14/h5-8,13,16,18-19H,3-4,9-12H2,1-2H3. The Bertz CT molecular complexity index is 354. The van der Waals surface area contributed by atoms with Gasteiger partial charge in [0.2, 0.25) is 0 Å². The molecular formula is C16H26FNO2. The van der Waals surface area contributed by atoms with Crippen LogP contribution in [0.15, 0.2) is 24.3 Å². The normalized spacial score (nSPS) is 12.8. The average molecular weight is 283 g/mol. The highest BCUT2D eigenvalue weighted by molar-refractivity contribution is 5.15. The molecule has 0 aromatic heterocycles. The summed E-state index contributed by atoms with van der Waals surface area (Å²) in [7, 11) is 0. The summed E-state index contributed by atoms with van der Waals surface area (Å²) in [6.45, 7) is 6.52. The Balaban J connectivity index is 2.02. The average Bonchev–Trinajstić information content (AvgIpc) is 2.40. The molecule has 0 heterocycles. The van der Waals surface area contributed by atoms with Crippen molar-refractivity contribution in [3.8, 4) is 0 Å². The maximum absolute atomic E-state index is 12.7. The first kappa shape index (κ1) is 17.1. The van der Waals surface area contributed by atoms with Gasteiger partial charge in [-0.2, -0.15) is 0 Å². The number of aliphatic hydroxyl groups is 1. The van der Waals surface area contributed by atoms with E-state index in [0.29, 0.717) is 32.2 Å². The first-order chi connectivity index (χ1) is 9.58. The Hall–Kier alpha value is -0.970. The molecule has 0 spiro atoms. The van der Waals surface area contributed by atoms with E-state index in [1.807, 2.05) is 0 Å². The van der Waals surface area contributed by atoms with Gasteiger partial charge in [-0.05, 0) is 36.5 Å². The number of ether oxygens (including phenoxy) is 1. The summed E-state index contributed by atoms with van der Waals surface area (Å²) in [5.74, 6) is 0.462. The van der Waals surface area contributed by atoms with Crippen molar-refractivity contribution in [2.45, 2.75) is 39.3 Å². The fourth-order valence-electron chi connectivity index (χ4n) is 1.86. The van der Waals surface area contributed by atoms with E-state index in [4.69, 9.17) is 4.74 Å². The van der Waals surface area contributed by atoms with E-state index in [1.54, 1.807) is 12.1 Å². The highest BCUT2D eigenvalue weighted by Gasteiger charge is 2.04. The van der Waals surface area contributed by atoms with Gasteiger partial charge in [-0.1, -0.05) is 26.0 Å². The van der Waals surface area contributed by atoms with Gasteiger partial charge in [0, 0.05) is 19.7 Å². The zero-order chi connectivity index (χ0) is 14.8. The third kappa shape index (κ3) is 8.25. The summed E-state index contributed by atoms with van der Waals surface area (Å²) in [5, 5.41) is 12.9. The Labute approximate surface area is 121 Å². The molecule has 3 nitrogen and oxygen atoms in total. The Morgan fingerprint density at radius 2 is 1.95 bits per heavy atom. The zero-order valence-electron chi connectivity index (χ0n) is 12.4. The molecule has 20 heavy (non-hydrogen) atoms. The Morgan fingerprint density at radius 1 is 1.25 bits per heavy atom. The van der Waals surface area contributed by atoms with Crippen LogP contribution in [0.1, 0.15) is 32.3 Å². The van der Waals surface area contributed by atoms with E-state index in [1.165, 1.54) is 12.1 Å². The minimum atomic E-state index is -0.505. The van der Waals surface area contributed by atoms with Crippen molar-refractivity contribution in [2.24, 2.45) is 5.92 Å². The fraction of sp³-hybridized carbons (Fsp3) is 0.625. The number of aliphatic hydroxyl groups excluding tert-OH is 1. The molecule has 0 bridgehead atoms. The van der Waals surface area contributed by atoms with Crippen molar-refractivity contribution in [1.29, 1.82) is 0 Å². The van der Waals surface area contributed by atoms with E-state index in [9.17, 15) is 9.50 Å². The molecule has 0 aliphatic carbocycles. The van der Waals surface area contributed by atoms with Crippen molar-refractivity contribution in [2.75, 3.05) is 19.8 Å². The summed E-state index contributed by atoms with van der Waals surface area (Å²) in [4.78, 5) is 0. The molecule has 1 aromatic carbocycles. The fourth-order valence-corrected chi connectivity index (χ4v) is 1.86. The number of nitrogens with one attached hydrogen (secondary N) is 1. The van der Waals surface area contributed by atoms with Crippen molar-refractivity contribution in [1.82, 2.24) is 5.32 Å². The summed E-state index contributed by atoms with van der Waals surface area (Å²) in [6.07, 6.45) is 1.68. The van der Waals surface area contributed by atoms with E-state index in [0.717, 1.165) is 18.4 Å². The molecule has 0 aliphatic heterocycles. The van der Waals surface area contributed by atoms with Gasteiger partial charge >= 0.3 is 0 Å². The van der Waals surface area contributed by atoms with E-state index < -0.39 is 6.10 Å². The van der Waals surface area contributed by atoms with E-state index in [-0.39, 0.29) is 5.82 Å². The first-order valence-electron chi connectivity index (χ1n) is 7.29. The second-order valence-electron chi connectivity index (χ2n) is 5.52. The van der Waals surface area contributed by atoms with Crippen LogP contribution in [0.25, 0.3) is 0 Å². The maximum atomic E-state index is 12.7. The third-order valence-corrected chi connectivity index (χ3v) is 3.00. The molecule has 0 saturated carbocycles. The van der Waals surface area contributed by atoms with Gasteiger partial charge in [0.15, 0.2) is 0 Å². The molecule has 114 valence electrons. The highest BCUT2D eigenvalue weighted by atomic mass is 19.1. The van der Waals surface area contributed by atoms with Gasteiger partial charge in [-0.25, -0.2) is 4.39 Å². The lowest BCUT2D eigenvalue weighted by Crippen LogP contribution is -2.30. The molecule has 0 aliphatic rings. The lowest BCUT2D eigenvalue weighted by Gasteiger charge is -2.13. The summed E-state index contributed by atoms with van der Waals surface area (Å²) >= 11 is 0. The molecule has 1 unspecified atom stereocenters. The van der Waals surface area contributed by atoms with Crippen molar-refractivity contribution >= 4 is 0 Å². The number of hydrogen-bond acceptors (Lipinski definition) is 3. The molecule has 1 atom stereocenters. The topological polar surface area (TPSA) is 41.5 Å². The number of benzene rings is 1.